The molecule has 0 unspecified atom stereocenters. The van der Waals surface area contributed by atoms with Crippen LogP contribution in [0.15, 0.2) is 97.1 Å². The number of para-hydroxylation sites is 1. The fourth-order valence-electron chi connectivity index (χ4n) is 9.32. The van der Waals surface area contributed by atoms with E-state index in [4.69, 9.17) is 9.97 Å². The van der Waals surface area contributed by atoms with Crippen LogP contribution in [0.4, 0.5) is 0 Å². The van der Waals surface area contributed by atoms with Gasteiger partial charge in [-0.3, -0.25) is 0 Å². The Balaban J connectivity index is 1.25. The summed E-state index contributed by atoms with van der Waals surface area (Å²) in [6.07, 6.45) is 7.14. The molecule has 0 saturated heterocycles. The van der Waals surface area contributed by atoms with Crippen LogP contribution < -0.4 is 0 Å². The number of benzene rings is 4. The zero-order chi connectivity index (χ0) is 24.8. The van der Waals surface area contributed by atoms with Gasteiger partial charge >= 0.3 is 0 Å². The molecule has 0 aliphatic heterocycles. The summed E-state index contributed by atoms with van der Waals surface area (Å²) >= 11 is 0. The van der Waals surface area contributed by atoms with Crippen LogP contribution in [0.25, 0.3) is 44.7 Å². The van der Waals surface area contributed by atoms with Gasteiger partial charge in [-0.2, -0.15) is 0 Å². The van der Waals surface area contributed by atoms with Gasteiger partial charge in [-0.05, 0) is 90.2 Å². The van der Waals surface area contributed by atoms with Gasteiger partial charge in [0.05, 0.1) is 11.2 Å². The monoisotopic (exact) mass is 490 g/mol. The molecule has 0 atom stereocenters. The maximum absolute atomic E-state index is 5.19. The molecule has 2 nitrogen and oxygen atoms in total. The van der Waals surface area contributed by atoms with E-state index >= 15 is 0 Å². The second-order valence-corrected chi connectivity index (χ2v) is 12.3. The lowest BCUT2D eigenvalue weighted by Crippen LogP contribution is -2.55. The molecule has 1 aromatic heterocycles. The maximum Gasteiger partial charge on any atom is 0.160 e. The van der Waals surface area contributed by atoms with E-state index in [1.54, 1.807) is 11.1 Å². The van der Waals surface area contributed by atoms with Gasteiger partial charge in [-0.1, -0.05) is 84.9 Å². The lowest BCUT2D eigenvalue weighted by Gasteiger charge is -2.61. The summed E-state index contributed by atoms with van der Waals surface area (Å²) in [6, 6.07) is 35.4. The molecule has 1 spiro atoms. The van der Waals surface area contributed by atoms with Gasteiger partial charge in [-0.25, -0.2) is 9.97 Å². The summed E-state index contributed by atoms with van der Waals surface area (Å²) in [4.78, 5) is 10.3. The average molecular weight is 491 g/mol. The first-order chi connectivity index (χ1) is 18.8. The molecule has 4 saturated carbocycles. The summed E-state index contributed by atoms with van der Waals surface area (Å²) in [6.45, 7) is 0. The fourth-order valence-corrected chi connectivity index (χ4v) is 9.32. The summed E-state index contributed by atoms with van der Waals surface area (Å²) in [7, 11) is 0. The summed E-state index contributed by atoms with van der Waals surface area (Å²) < 4.78 is 0. The molecule has 4 aromatic carbocycles. The predicted octanol–water partition coefficient (Wildman–Crippen LogP) is 8.69. The Morgan fingerprint density at radius 2 is 1.24 bits per heavy atom. The molecule has 10 rings (SSSR count). The largest absolute Gasteiger partial charge is 0.228 e. The van der Waals surface area contributed by atoms with Crippen LogP contribution >= 0.6 is 0 Å². The molecule has 0 amide bonds. The smallest absolute Gasteiger partial charge is 0.160 e. The Morgan fingerprint density at radius 1 is 0.553 bits per heavy atom. The molecule has 184 valence electrons. The van der Waals surface area contributed by atoms with Gasteiger partial charge in [0.2, 0.25) is 0 Å². The molecular formula is C36H30N2. The normalized spacial score (nSPS) is 28.1. The number of hydrogen-bond donors (Lipinski definition) is 0. The minimum atomic E-state index is 0.206. The molecule has 2 heteroatoms. The molecule has 5 aliphatic carbocycles. The Labute approximate surface area is 223 Å². The Morgan fingerprint density at radius 3 is 2.05 bits per heavy atom. The predicted molar refractivity (Wildman–Crippen MR) is 154 cm³/mol. The van der Waals surface area contributed by atoms with Crippen molar-refractivity contribution in [3.8, 4) is 33.8 Å². The quantitative estimate of drug-likeness (QED) is 0.247. The summed E-state index contributed by atoms with van der Waals surface area (Å²) in [5.74, 6) is 4.30. The zero-order valence-electron chi connectivity index (χ0n) is 21.5. The van der Waals surface area contributed by atoms with E-state index in [-0.39, 0.29) is 5.41 Å². The highest BCUT2D eigenvalue weighted by Gasteiger charge is 2.61. The molecule has 38 heavy (non-hydrogen) atoms. The van der Waals surface area contributed by atoms with Crippen molar-refractivity contribution in [2.75, 3.05) is 0 Å². The van der Waals surface area contributed by atoms with E-state index < -0.39 is 0 Å². The third-order valence-corrected chi connectivity index (χ3v) is 10.5. The van der Waals surface area contributed by atoms with E-state index in [1.807, 2.05) is 0 Å². The van der Waals surface area contributed by atoms with Crippen LogP contribution in [0, 0.1) is 23.7 Å². The molecule has 5 aromatic rings. The molecule has 4 bridgehead atoms. The van der Waals surface area contributed by atoms with Crippen LogP contribution in [0.2, 0.25) is 0 Å². The van der Waals surface area contributed by atoms with Crippen molar-refractivity contribution in [1.29, 1.82) is 0 Å². The lowest BCUT2D eigenvalue weighted by atomic mass is 9.43. The summed E-state index contributed by atoms with van der Waals surface area (Å²) in [5.41, 5.74) is 10.5. The van der Waals surface area contributed by atoms with Gasteiger partial charge in [0.1, 0.15) is 0 Å². The van der Waals surface area contributed by atoms with Crippen LogP contribution in [0.1, 0.15) is 43.2 Å². The maximum atomic E-state index is 5.19. The second kappa shape index (κ2) is 7.63. The average Bonchev–Trinajstić information content (AvgIpc) is 3.26. The number of aromatic nitrogens is 2. The highest BCUT2D eigenvalue weighted by molar-refractivity contribution is 5.94. The number of fused-ring (bicyclic) bond motifs is 4. The first-order valence-corrected chi connectivity index (χ1v) is 14.4. The van der Waals surface area contributed by atoms with Crippen molar-refractivity contribution < 1.29 is 0 Å². The van der Waals surface area contributed by atoms with Crippen LogP contribution in [-0.2, 0) is 5.41 Å². The minimum Gasteiger partial charge on any atom is -0.228 e. The fraction of sp³-hybridized carbons (Fsp3) is 0.278. The molecule has 0 radical (unpaired) electrons. The molecular weight excluding hydrogens is 460 g/mol. The van der Waals surface area contributed by atoms with Gasteiger partial charge in [0, 0.05) is 21.9 Å². The Kier molecular flexibility index (Phi) is 4.26. The van der Waals surface area contributed by atoms with Gasteiger partial charge in [-0.15, -0.1) is 0 Å². The van der Waals surface area contributed by atoms with Crippen molar-refractivity contribution in [3.05, 3.63) is 108 Å². The van der Waals surface area contributed by atoms with E-state index in [0.29, 0.717) is 0 Å². The number of rotatable bonds is 2. The molecule has 5 aliphatic rings. The SMILES string of the molecule is c1ccc(-c2nc(-c3ccc4c(c3)-c3ccccc3C43C4CC5CC(C4)CC3C5)nc3ccccc23)cc1. The van der Waals surface area contributed by atoms with Gasteiger partial charge in [0.25, 0.3) is 0 Å². The summed E-state index contributed by atoms with van der Waals surface area (Å²) in [5, 5.41) is 1.10. The molecule has 4 fully saturated rings. The number of hydrogen-bond acceptors (Lipinski definition) is 2. The molecule has 0 N–H and O–H groups in total. The van der Waals surface area contributed by atoms with Gasteiger partial charge in [0.15, 0.2) is 5.82 Å². The lowest BCUT2D eigenvalue weighted by molar-refractivity contribution is -0.0399. The zero-order valence-corrected chi connectivity index (χ0v) is 21.5. The van der Waals surface area contributed by atoms with E-state index in [1.165, 1.54) is 43.2 Å². The first-order valence-electron chi connectivity index (χ1n) is 14.4. The highest BCUT2D eigenvalue weighted by atomic mass is 14.9. The van der Waals surface area contributed by atoms with Crippen LogP contribution in [0.3, 0.4) is 0 Å². The standard InChI is InChI=1S/C36H30N2/c1-2-8-24(9-3-1)34-29-11-5-7-13-33(29)37-35(38-34)25-14-15-32-30(21-25)28-10-4-6-12-31(28)36(32)26-17-22-16-23(19-26)20-27(36)18-22/h1-15,21-23,26-27H,16-20H2. The van der Waals surface area contributed by atoms with Crippen molar-refractivity contribution in [3.63, 3.8) is 0 Å². The Bertz CT molecular complexity index is 1710. The molecule has 1 heterocycles. The van der Waals surface area contributed by atoms with E-state index in [2.05, 4.69) is 97.1 Å². The third-order valence-electron chi connectivity index (χ3n) is 10.5. The van der Waals surface area contributed by atoms with Gasteiger partial charge < -0.3 is 0 Å². The number of nitrogens with zero attached hydrogens (tertiary/aromatic N) is 2. The van der Waals surface area contributed by atoms with E-state index in [0.717, 1.165) is 57.2 Å². The highest BCUT2D eigenvalue weighted by Crippen LogP contribution is 2.69. The third kappa shape index (κ3) is 2.73. The van der Waals surface area contributed by atoms with Crippen molar-refractivity contribution >= 4 is 10.9 Å². The van der Waals surface area contributed by atoms with Crippen LogP contribution in [-0.4, -0.2) is 9.97 Å². The van der Waals surface area contributed by atoms with E-state index in [9.17, 15) is 0 Å². The first kappa shape index (κ1) is 21.2. The Hall–Kier alpha value is -3.78. The topological polar surface area (TPSA) is 25.8 Å². The van der Waals surface area contributed by atoms with Crippen molar-refractivity contribution in [1.82, 2.24) is 9.97 Å². The van der Waals surface area contributed by atoms with Crippen LogP contribution in [0.5, 0.6) is 0 Å². The van der Waals surface area contributed by atoms with Crippen molar-refractivity contribution in [2.45, 2.75) is 37.5 Å². The second-order valence-electron chi connectivity index (χ2n) is 12.3. The minimum absolute atomic E-state index is 0.206. The van der Waals surface area contributed by atoms with Crippen molar-refractivity contribution in [2.24, 2.45) is 23.7 Å².